The fourth-order valence-corrected chi connectivity index (χ4v) is 3.27. The second-order valence-corrected chi connectivity index (χ2v) is 7.67. The minimum atomic E-state index is -0.560. The monoisotopic (exact) mass is 453 g/mol. The first kappa shape index (κ1) is 23.2. The molecular formula is C24H24ClN3O4. The molecule has 8 heteroatoms. The number of nitro benzene ring substituents is 1. The number of nitrogens with one attached hydrogen (secondary N) is 2. The van der Waals surface area contributed by atoms with E-state index < -0.39 is 11.0 Å². The van der Waals surface area contributed by atoms with Gasteiger partial charge in [-0.3, -0.25) is 14.9 Å². The molecule has 3 aromatic carbocycles. The summed E-state index contributed by atoms with van der Waals surface area (Å²) in [4.78, 5) is 22.8. The van der Waals surface area contributed by atoms with Gasteiger partial charge >= 0.3 is 0 Å². The van der Waals surface area contributed by atoms with Crippen molar-refractivity contribution in [2.75, 3.05) is 17.2 Å². The smallest absolute Gasteiger partial charge is 0.271 e. The maximum absolute atomic E-state index is 12.5. The first-order chi connectivity index (χ1) is 15.4. The highest BCUT2D eigenvalue weighted by atomic mass is 35.5. The van der Waals surface area contributed by atoms with E-state index in [2.05, 4.69) is 22.8 Å². The SMILES string of the molecule is CC(Nc1cccc(COCCc2ccccc2)c1)C(=O)Nc1ccc([N+](=O)[O-])cc1Cl. The molecule has 0 spiro atoms. The first-order valence-electron chi connectivity index (χ1n) is 10.1. The summed E-state index contributed by atoms with van der Waals surface area (Å²) in [5.41, 5.74) is 3.19. The Bertz CT molecular complexity index is 1080. The predicted octanol–water partition coefficient (Wildman–Crippen LogP) is 5.45. The van der Waals surface area contributed by atoms with E-state index in [0.29, 0.717) is 18.9 Å². The van der Waals surface area contributed by atoms with Crippen molar-refractivity contribution in [1.82, 2.24) is 0 Å². The van der Waals surface area contributed by atoms with Crippen molar-refractivity contribution in [2.24, 2.45) is 0 Å². The number of non-ortho nitro benzene ring substituents is 1. The van der Waals surface area contributed by atoms with E-state index >= 15 is 0 Å². The van der Waals surface area contributed by atoms with Crippen LogP contribution in [0.3, 0.4) is 0 Å². The molecule has 0 saturated heterocycles. The lowest BCUT2D eigenvalue weighted by molar-refractivity contribution is -0.384. The average Bonchev–Trinajstić information content (AvgIpc) is 2.79. The summed E-state index contributed by atoms with van der Waals surface area (Å²) >= 11 is 6.05. The van der Waals surface area contributed by atoms with E-state index in [1.165, 1.54) is 23.8 Å². The van der Waals surface area contributed by atoms with Gasteiger partial charge < -0.3 is 15.4 Å². The molecule has 1 amide bonds. The molecule has 166 valence electrons. The number of halogens is 1. The van der Waals surface area contributed by atoms with Gasteiger partial charge in [0.2, 0.25) is 5.91 Å². The largest absolute Gasteiger partial charge is 0.376 e. The fourth-order valence-electron chi connectivity index (χ4n) is 3.05. The molecule has 1 unspecified atom stereocenters. The highest BCUT2D eigenvalue weighted by molar-refractivity contribution is 6.34. The maximum Gasteiger partial charge on any atom is 0.271 e. The highest BCUT2D eigenvalue weighted by Crippen LogP contribution is 2.27. The number of benzene rings is 3. The number of rotatable bonds is 10. The first-order valence-corrected chi connectivity index (χ1v) is 10.5. The quantitative estimate of drug-likeness (QED) is 0.242. The maximum atomic E-state index is 12.5. The lowest BCUT2D eigenvalue weighted by Crippen LogP contribution is -2.32. The molecule has 7 nitrogen and oxygen atoms in total. The van der Waals surface area contributed by atoms with Crippen LogP contribution in [0.2, 0.25) is 5.02 Å². The van der Waals surface area contributed by atoms with E-state index in [9.17, 15) is 14.9 Å². The van der Waals surface area contributed by atoms with Crippen LogP contribution in [0.25, 0.3) is 0 Å². The van der Waals surface area contributed by atoms with Crippen molar-refractivity contribution in [1.29, 1.82) is 0 Å². The van der Waals surface area contributed by atoms with Gasteiger partial charge in [-0.15, -0.1) is 0 Å². The Balaban J connectivity index is 1.50. The van der Waals surface area contributed by atoms with Crippen molar-refractivity contribution in [2.45, 2.75) is 26.0 Å². The summed E-state index contributed by atoms with van der Waals surface area (Å²) in [6, 6.07) is 21.2. The molecule has 1 atom stereocenters. The zero-order chi connectivity index (χ0) is 22.9. The van der Waals surface area contributed by atoms with Crippen LogP contribution >= 0.6 is 11.6 Å². The summed E-state index contributed by atoms with van der Waals surface area (Å²) in [5.74, 6) is -0.315. The van der Waals surface area contributed by atoms with Crippen molar-refractivity contribution in [3.8, 4) is 0 Å². The number of nitro groups is 1. The van der Waals surface area contributed by atoms with Gasteiger partial charge in [-0.05, 0) is 42.7 Å². The van der Waals surface area contributed by atoms with Crippen LogP contribution in [0.15, 0.2) is 72.8 Å². The van der Waals surface area contributed by atoms with E-state index in [1.807, 2.05) is 42.5 Å². The van der Waals surface area contributed by atoms with Crippen LogP contribution in [0.4, 0.5) is 17.1 Å². The van der Waals surface area contributed by atoms with Crippen molar-refractivity contribution in [3.63, 3.8) is 0 Å². The van der Waals surface area contributed by atoms with Gasteiger partial charge in [0.15, 0.2) is 0 Å². The lowest BCUT2D eigenvalue weighted by atomic mass is 10.1. The summed E-state index contributed by atoms with van der Waals surface area (Å²) < 4.78 is 5.78. The molecule has 0 aromatic heterocycles. The molecule has 32 heavy (non-hydrogen) atoms. The zero-order valence-corrected chi connectivity index (χ0v) is 18.3. The number of anilines is 2. The Morgan fingerprint density at radius 2 is 1.81 bits per heavy atom. The molecule has 0 aliphatic heterocycles. The lowest BCUT2D eigenvalue weighted by Gasteiger charge is -2.16. The molecule has 3 rings (SSSR count). The summed E-state index contributed by atoms with van der Waals surface area (Å²) in [6.45, 7) is 2.81. The predicted molar refractivity (Wildman–Crippen MR) is 126 cm³/mol. The van der Waals surface area contributed by atoms with Crippen LogP contribution in [0.1, 0.15) is 18.1 Å². The fraction of sp³-hybridized carbons (Fsp3) is 0.208. The molecule has 3 aromatic rings. The third kappa shape index (κ3) is 6.80. The van der Waals surface area contributed by atoms with Gasteiger partial charge in [0.25, 0.3) is 5.69 Å². The standard InChI is InChI=1S/C24H24ClN3O4/c1-17(24(29)27-23-11-10-21(28(30)31)15-22(23)25)26-20-9-5-8-19(14-20)16-32-13-12-18-6-3-2-4-7-18/h2-11,14-15,17,26H,12-13,16H2,1H3,(H,27,29). The molecule has 0 aliphatic rings. The van der Waals surface area contributed by atoms with Crippen LogP contribution < -0.4 is 10.6 Å². The van der Waals surface area contributed by atoms with E-state index in [-0.39, 0.29) is 16.6 Å². The number of ether oxygens (including phenoxy) is 1. The summed E-state index contributed by atoms with van der Waals surface area (Å²) in [6.07, 6.45) is 0.848. The summed E-state index contributed by atoms with van der Waals surface area (Å²) in [7, 11) is 0. The van der Waals surface area contributed by atoms with Gasteiger partial charge in [-0.1, -0.05) is 54.1 Å². The van der Waals surface area contributed by atoms with Gasteiger partial charge in [0, 0.05) is 17.8 Å². The van der Waals surface area contributed by atoms with Crippen molar-refractivity contribution >= 4 is 34.6 Å². The van der Waals surface area contributed by atoms with Crippen molar-refractivity contribution < 1.29 is 14.5 Å². The molecule has 0 fully saturated rings. The molecule has 0 saturated carbocycles. The topological polar surface area (TPSA) is 93.5 Å². The Morgan fingerprint density at radius 3 is 2.53 bits per heavy atom. The summed E-state index contributed by atoms with van der Waals surface area (Å²) in [5, 5.41) is 16.8. The minimum absolute atomic E-state index is 0.106. The minimum Gasteiger partial charge on any atom is -0.376 e. The molecule has 0 aliphatic carbocycles. The normalized spacial score (nSPS) is 11.6. The van der Waals surface area contributed by atoms with E-state index in [0.717, 1.165) is 17.7 Å². The van der Waals surface area contributed by atoms with E-state index in [1.54, 1.807) is 6.92 Å². The number of carbonyl (C=O) groups excluding carboxylic acids is 1. The second kappa shape index (κ2) is 11.3. The zero-order valence-electron chi connectivity index (χ0n) is 17.6. The van der Waals surface area contributed by atoms with Crippen LogP contribution in [0, 0.1) is 10.1 Å². The van der Waals surface area contributed by atoms with Gasteiger partial charge in [-0.2, -0.15) is 0 Å². The number of carbonyl (C=O) groups is 1. The molecule has 0 heterocycles. The number of nitrogens with zero attached hydrogens (tertiary/aromatic N) is 1. The second-order valence-electron chi connectivity index (χ2n) is 7.27. The molecule has 0 bridgehead atoms. The van der Waals surface area contributed by atoms with Crippen LogP contribution in [-0.4, -0.2) is 23.5 Å². The molecule has 0 radical (unpaired) electrons. The Morgan fingerprint density at radius 1 is 1.06 bits per heavy atom. The number of hydrogen-bond acceptors (Lipinski definition) is 5. The van der Waals surface area contributed by atoms with Crippen LogP contribution in [0.5, 0.6) is 0 Å². The Hall–Kier alpha value is -3.42. The van der Waals surface area contributed by atoms with E-state index in [4.69, 9.17) is 16.3 Å². The third-order valence-electron chi connectivity index (χ3n) is 4.77. The highest BCUT2D eigenvalue weighted by Gasteiger charge is 2.16. The van der Waals surface area contributed by atoms with Crippen LogP contribution in [-0.2, 0) is 22.6 Å². The number of hydrogen-bond donors (Lipinski definition) is 2. The van der Waals surface area contributed by atoms with Gasteiger partial charge in [0.05, 0.1) is 28.8 Å². The Labute approximate surface area is 191 Å². The average molecular weight is 454 g/mol. The molecule has 2 N–H and O–H groups in total. The molecular weight excluding hydrogens is 430 g/mol. The van der Waals surface area contributed by atoms with Gasteiger partial charge in [-0.25, -0.2) is 0 Å². The Kier molecular flexibility index (Phi) is 8.19. The number of amides is 1. The third-order valence-corrected chi connectivity index (χ3v) is 5.08. The van der Waals surface area contributed by atoms with Gasteiger partial charge in [0.1, 0.15) is 6.04 Å². The van der Waals surface area contributed by atoms with Crippen molar-refractivity contribution in [3.05, 3.63) is 99.1 Å².